The molecule has 0 aromatic carbocycles. The van der Waals surface area contributed by atoms with Crippen molar-refractivity contribution in [2.45, 2.75) is 27.2 Å². The van der Waals surface area contributed by atoms with Crippen LogP contribution in [0.3, 0.4) is 0 Å². The Labute approximate surface area is 137 Å². The monoisotopic (exact) mass is 319 g/mol. The van der Waals surface area contributed by atoms with Crippen molar-refractivity contribution in [3.63, 3.8) is 0 Å². The second-order valence-electron chi connectivity index (χ2n) is 5.92. The van der Waals surface area contributed by atoms with Crippen LogP contribution in [-0.2, 0) is 9.53 Å². The van der Waals surface area contributed by atoms with Gasteiger partial charge in [0.05, 0.1) is 6.61 Å². The summed E-state index contributed by atoms with van der Waals surface area (Å²) in [6, 6.07) is 3.48. The fourth-order valence-corrected chi connectivity index (χ4v) is 2.73. The summed E-state index contributed by atoms with van der Waals surface area (Å²) in [5.74, 6) is 0.477. The molecule has 1 amide bonds. The molecule has 0 atom stereocenters. The summed E-state index contributed by atoms with van der Waals surface area (Å²) in [5.41, 5.74) is 0.484. The number of hydrogen-bond acceptors (Lipinski definition) is 5. The van der Waals surface area contributed by atoms with Gasteiger partial charge in [0.2, 0.25) is 5.91 Å². The van der Waals surface area contributed by atoms with Crippen molar-refractivity contribution in [3.05, 3.63) is 23.9 Å². The topological polar surface area (TPSA) is 62.7 Å². The van der Waals surface area contributed by atoms with E-state index in [1.807, 2.05) is 18.7 Å². The third kappa shape index (κ3) is 4.21. The average Bonchev–Trinajstić information content (AvgIpc) is 2.80. The van der Waals surface area contributed by atoms with E-state index in [-0.39, 0.29) is 17.8 Å². The molecule has 1 saturated heterocycles. The van der Waals surface area contributed by atoms with Crippen molar-refractivity contribution in [1.82, 2.24) is 9.88 Å². The molecule has 6 heteroatoms. The Morgan fingerprint density at radius 1 is 1.26 bits per heavy atom. The summed E-state index contributed by atoms with van der Waals surface area (Å²) in [6.07, 6.45) is 2.54. The van der Waals surface area contributed by atoms with Gasteiger partial charge in [0, 0.05) is 38.3 Å². The Balaban J connectivity index is 2.14. The Kier molecular flexibility index (Phi) is 5.96. The molecule has 1 aromatic heterocycles. The number of rotatable bonds is 4. The Morgan fingerprint density at radius 3 is 2.74 bits per heavy atom. The van der Waals surface area contributed by atoms with E-state index in [1.165, 1.54) is 0 Å². The van der Waals surface area contributed by atoms with Gasteiger partial charge in [-0.15, -0.1) is 0 Å². The van der Waals surface area contributed by atoms with Crippen molar-refractivity contribution < 1.29 is 14.3 Å². The van der Waals surface area contributed by atoms with Gasteiger partial charge in [-0.1, -0.05) is 13.8 Å². The summed E-state index contributed by atoms with van der Waals surface area (Å²) in [6.45, 7) is 8.79. The molecule has 0 bridgehead atoms. The lowest BCUT2D eigenvalue weighted by atomic mass is 10.2. The van der Waals surface area contributed by atoms with Gasteiger partial charge in [0.1, 0.15) is 11.4 Å². The number of carbonyl (C=O) groups excluding carboxylic acids is 2. The Morgan fingerprint density at radius 2 is 2.04 bits per heavy atom. The normalized spacial score (nSPS) is 15.5. The molecular formula is C17H25N3O3. The zero-order chi connectivity index (χ0) is 16.8. The van der Waals surface area contributed by atoms with E-state index < -0.39 is 0 Å². The number of pyridine rings is 1. The Hall–Kier alpha value is -2.11. The van der Waals surface area contributed by atoms with Crippen molar-refractivity contribution in [3.8, 4) is 0 Å². The molecule has 0 radical (unpaired) electrons. The molecular weight excluding hydrogens is 294 g/mol. The zero-order valence-corrected chi connectivity index (χ0v) is 14.1. The van der Waals surface area contributed by atoms with Crippen LogP contribution in [0.5, 0.6) is 0 Å². The van der Waals surface area contributed by atoms with Crippen LogP contribution in [-0.4, -0.2) is 54.5 Å². The number of esters is 1. The van der Waals surface area contributed by atoms with E-state index >= 15 is 0 Å². The first-order valence-electron chi connectivity index (χ1n) is 8.20. The highest BCUT2D eigenvalue weighted by Gasteiger charge is 2.24. The lowest BCUT2D eigenvalue weighted by molar-refractivity contribution is -0.134. The van der Waals surface area contributed by atoms with Gasteiger partial charge in [-0.05, 0) is 25.5 Å². The Bertz CT molecular complexity index is 560. The number of aromatic nitrogens is 1. The number of amides is 1. The summed E-state index contributed by atoms with van der Waals surface area (Å²) in [4.78, 5) is 32.6. The molecule has 2 heterocycles. The molecule has 2 rings (SSSR count). The van der Waals surface area contributed by atoms with E-state index in [4.69, 9.17) is 4.74 Å². The largest absolute Gasteiger partial charge is 0.462 e. The van der Waals surface area contributed by atoms with Gasteiger partial charge >= 0.3 is 5.97 Å². The third-order valence-electron chi connectivity index (χ3n) is 3.88. The summed E-state index contributed by atoms with van der Waals surface area (Å²) >= 11 is 0. The molecule has 6 nitrogen and oxygen atoms in total. The predicted octanol–water partition coefficient (Wildman–Crippen LogP) is 1.95. The minimum absolute atomic E-state index is 0.00601. The van der Waals surface area contributed by atoms with E-state index in [0.29, 0.717) is 31.1 Å². The molecule has 126 valence electrons. The van der Waals surface area contributed by atoms with E-state index in [2.05, 4.69) is 9.88 Å². The minimum atomic E-state index is -0.352. The second kappa shape index (κ2) is 7.94. The standard InChI is InChI=1S/C17H25N3O3/c1-4-23-17(22)14-7-5-8-18-15(14)19-9-6-10-20(12-11-19)16(21)13(2)3/h5,7-8,13H,4,6,9-12H2,1-3H3. The molecule has 0 N–H and O–H groups in total. The van der Waals surface area contributed by atoms with Crippen molar-refractivity contribution in [2.24, 2.45) is 5.92 Å². The van der Waals surface area contributed by atoms with Gasteiger partial charge in [-0.3, -0.25) is 4.79 Å². The first-order valence-corrected chi connectivity index (χ1v) is 8.20. The lowest BCUT2D eigenvalue weighted by Gasteiger charge is -2.25. The molecule has 0 unspecified atom stereocenters. The van der Waals surface area contributed by atoms with Gasteiger partial charge in [-0.25, -0.2) is 9.78 Å². The summed E-state index contributed by atoms with van der Waals surface area (Å²) in [7, 11) is 0. The highest BCUT2D eigenvalue weighted by molar-refractivity contribution is 5.94. The van der Waals surface area contributed by atoms with Crippen LogP contribution in [0.1, 0.15) is 37.6 Å². The third-order valence-corrected chi connectivity index (χ3v) is 3.88. The SMILES string of the molecule is CCOC(=O)c1cccnc1N1CCCN(C(=O)C(C)C)CC1. The summed E-state index contributed by atoms with van der Waals surface area (Å²) < 4.78 is 5.11. The number of carbonyl (C=O) groups is 2. The molecule has 1 fully saturated rings. The van der Waals surface area contributed by atoms with Gasteiger partial charge in [0.15, 0.2) is 0 Å². The molecule has 0 spiro atoms. The quantitative estimate of drug-likeness (QED) is 0.794. The highest BCUT2D eigenvalue weighted by atomic mass is 16.5. The van der Waals surface area contributed by atoms with Crippen LogP contribution < -0.4 is 4.90 Å². The molecule has 23 heavy (non-hydrogen) atoms. The zero-order valence-electron chi connectivity index (χ0n) is 14.1. The maximum atomic E-state index is 12.2. The van der Waals surface area contributed by atoms with Gasteiger partial charge < -0.3 is 14.5 Å². The van der Waals surface area contributed by atoms with Gasteiger partial charge in [0.25, 0.3) is 0 Å². The fourth-order valence-electron chi connectivity index (χ4n) is 2.73. The first-order chi connectivity index (χ1) is 11.0. The number of hydrogen-bond donors (Lipinski definition) is 0. The molecule has 0 aliphatic carbocycles. The van der Waals surface area contributed by atoms with Crippen LogP contribution in [0.4, 0.5) is 5.82 Å². The molecule has 1 aliphatic rings. The van der Waals surface area contributed by atoms with Crippen LogP contribution in [0.15, 0.2) is 18.3 Å². The van der Waals surface area contributed by atoms with Gasteiger partial charge in [-0.2, -0.15) is 0 Å². The maximum Gasteiger partial charge on any atom is 0.341 e. The van der Waals surface area contributed by atoms with Crippen molar-refractivity contribution >= 4 is 17.7 Å². The summed E-state index contributed by atoms with van der Waals surface area (Å²) in [5, 5.41) is 0. The number of ether oxygens (including phenoxy) is 1. The molecule has 1 aliphatic heterocycles. The number of anilines is 1. The lowest BCUT2D eigenvalue weighted by Crippen LogP contribution is -2.37. The predicted molar refractivity (Wildman–Crippen MR) is 88.4 cm³/mol. The molecule has 0 saturated carbocycles. The van der Waals surface area contributed by atoms with E-state index in [1.54, 1.807) is 25.3 Å². The van der Waals surface area contributed by atoms with Crippen LogP contribution in [0, 0.1) is 5.92 Å². The second-order valence-corrected chi connectivity index (χ2v) is 5.92. The highest BCUT2D eigenvalue weighted by Crippen LogP contribution is 2.20. The molecule has 1 aromatic rings. The van der Waals surface area contributed by atoms with Crippen LogP contribution in [0.2, 0.25) is 0 Å². The average molecular weight is 319 g/mol. The maximum absolute atomic E-state index is 12.2. The number of nitrogens with zero attached hydrogens (tertiary/aromatic N) is 3. The van der Waals surface area contributed by atoms with Crippen LogP contribution in [0.25, 0.3) is 0 Å². The first kappa shape index (κ1) is 17.2. The van der Waals surface area contributed by atoms with Crippen LogP contribution >= 0.6 is 0 Å². The van der Waals surface area contributed by atoms with E-state index in [0.717, 1.165) is 19.5 Å². The van der Waals surface area contributed by atoms with Crippen molar-refractivity contribution in [2.75, 3.05) is 37.7 Å². The fraction of sp³-hybridized carbons (Fsp3) is 0.588. The minimum Gasteiger partial charge on any atom is -0.462 e. The smallest absolute Gasteiger partial charge is 0.341 e. The van der Waals surface area contributed by atoms with E-state index in [9.17, 15) is 9.59 Å². The van der Waals surface area contributed by atoms with Crippen molar-refractivity contribution in [1.29, 1.82) is 0 Å².